The smallest absolute Gasteiger partial charge is 0.0717 e. The van der Waals surface area contributed by atoms with E-state index in [1.807, 2.05) is 12.2 Å². The number of fused-ring (bicyclic) bond motifs is 3. The lowest BCUT2D eigenvalue weighted by Gasteiger charge is -2.28. The van der Waals surface area contributed by atoms with Crippen molar-refractivity contribution in [3.05, 3.63) is 66.3 Å². The van der Waals surface area contributed by atoms with Crippen LogP contribution >= 0.6 is 0 Å². The molecule has 0 aliphatic carbocycles. The van der Waals surface area contributed by atoms with Gasteiger partial charge in [0.2, 0.25) is 0 Å². The monoisotopic (exact) mass is 280 g/mol. The standard InChI is InChI=1S/C19H24N2/c1-5-15-12-16-10-8-9-11-18(16)21-13-20(7-3)14(4)19(21)17(15)6-2/h5-6,8-11,14,19H,1-2,7,12-13H2,3-4H3. The quantitative estimate of drug-likeness (QED) is 0.831. The molecule has 21 heavy (non-hydrogen) atoms. The van der Waals surface area contributed by atoms with Crippen molar-refractivity contribution in [3.63, 3.8) is 0 Å². The van der Waals surface area contributed by atoms with Crippen molar-refractivity contribution in [1.29, 1.82) is 0 Å². The Morgan fingerprint density at radius 3 is 2.67 bits per heavy atom. The summed E-state index contributed by atoms with van der Waals surface area (Å²) < 4.78 is 0. The Morgan fingerprint density at radius 1 is 1.24 bits per heavy atom. The molecule has 1 fully saturated rings. The summed E-state index contributed by atoms with van der Waals surface area (Å²) in [6, 6.07) is 9.62. The minimum absolute atomic E-state index is 0.374. The van der Waals surface area contributed by atoms with Crippen LogP contribution in [-0.4, -0.2) is 30.2 Å². The number of hydrogen-bond donors (Lipinski definition) is 0. The second-order valence-corrected chi connectivity index (χ2v) is 5.90. The number of para-hydroxylation sites is 1. The zero-order valence-electron chi connectivity index (χ0n) is 13.0. The molecule has 0 radical (unpaired) electrons. The zero-order chi connectivity index (χ0) is 15.0. The molecule has 0 bridgehead atoms. The summed E-state index contributed by atoms with van der Waals surface area (Å²) in [5.74, 6) is 0. The third-order valence-corrected chi connectivity index (χ3v) is 4.95. The molecular formula is C19H24N2. The molecule has 0 aromatic heterocycles. The van der Waals surface area contributed by atoms with E-state index in [4.69, 9.17) is 0 Å². The second kappa shape index (κ2) is 5.53. The predicted octanol–water partition coefficient (Wildman–Crippen LogP) is 3.77. The minimum atomic E-state index is 0.374. The van der Waals surface area contributed by atoms with Gasteiger partial charge in [0.1, 0.15) is 0 Å². The fourth-order valence-electron chi connectivity index (χ4n) is 3.79. The Hall–Kier alpha value is -1.80. The van der Waals surface area contributed by atoms with Crippen LogP contribution in [0.5, 0.6) is 0 Å². The molecule has 1 saturated heterocycles. The third kappa shape index (κ3) is 2.14. The van der Waals surface area contributed by atoms with Crippen LogP contribution in [0, 0.1) is 0 Å². The first-order valence-corrected chi connectivity index (χ1v) is 7.77. The summed E-state index contributed by atoms with van der Waals surface area (Å²) in [6.07, 6.45) is 5.00. The molecule has 3 rings (SSSR count). The maximum atomic E-state index is 4.08. The molecule has 0 amide bonds. The maximum Gasteiger partial charge on any atom is 0.0717 e. The van der Waals surface area contributed by atoms with E-state index < -0.39 is 0 Å². The van der Waals surface area contributed by atoms with Gasteiger partial charge in [0.25, 0.3) is 0 Å². The van der Waals surface area contributed by atoms with E-state index in [2.05, 4.69) is 61.1 Å². The van der Waals surface area contributed by atoms with Crippen molar-refractivity contribution in [3.8, 4) is 0 Å². The van der Waals surface area contributed by atoms with Crippen molar-refractivity contribution in [2.45, 2.75) is 32.4 Å². The number of hydrogen-bond acceptors (Lipinski definition) is 2. The van der Waals surface area contributed by atoms with Crippen LogP contribution in [-0.2, 0) is 6.42 Å². The van der Waals surface area contributed by atoms with Gasteiger partial charge in [0, 0.05) is 11.7 Å². The highest BCUT2D eigenvalue weighted by atomic mass is 15.4. The normalized spacial score (nSPS) is 25.3. The van der Waals surface area contributed by atoms with Gasteiger partial charge < -0.3 is 4.90 Å². The van der Waals surface area contributed by atoms with Crippen LogP contribution < -0.4 is 4.90 Å². The molecule has 1 aromatic carbocycles. The molecule has 2 heterocycles. The fraction of sp³-hybridized carbons (Fsp3) is 0.368. The number of anilines is 1. The Kier molecular flexibility index (Phi) is 3.73. The van der Waals surface area contributed by atoms with Crippen LogP contribution in [0.3, 0.4) is 0 Å². The topological polar surface area (TPSA) is 6.48 Å². The minimum Gasteiger partial charge on any atom is -0.350 e. The van der Waals surface area contributed by atoms with Crippen LogP contribution in [0.25, 0.3) is 0 Å². The SMILES string of the molecule is C=CC1=C(C=C)C2C(C)N(CC)CN2c2ccccc2C1. The predicted molar refractivity (Wildman–Crippen MR) is 90.5 cm³/mol. The van der Waals surface area contributed by atoms with Crippen LogP contribution in [0.1, 0.15) is 19.4 Å². The van der Waals surface area contributed by atoms with Gasteiger partial charge in [-0.1, -0.05) is 50.4 Å². The first-order valence-electron chi connectivity index (χ1n) is 7.77. The molecule has 2 atom stereocenters. The molecule has 2 aliphatic heterocycles. The van der Waals surface area contributed by atoms with E-state index in [0.717, 1.165) is 19.6 Å². The molecule has 2 heteroatoms. The van der Waals surface area contributed by atoms with Crippen molar-refractivity contribution in [2.24, 2.45) is 0 Å². The summed E-state index contributed by atoms with van der Waals surface area (Å²) >= 11 is 0. The molecular weight excluding hydrogens is 256 g/mol. The lowest BCUT2D eigenvalue weighted by Crippen LogP contribution is -2.36. The van der Waals surface area contributed by atoms with Gasteiger partial charge >= 0.3 is 0 Å². The largest absolute Gasteiger partial charge is 0.350 e. The number of rotatable bonds is 3. The first-order chi connectivity index (χ1) is 10.2. The zero-order valence-corrected chi connectivity index (χ0v) is 13.0. The van der Waals surface area contributed by atoms with E-state index in [0.29, 0.717) is 12.1 Å². The van der Waals surface area contributed by atoms with Crippen molar-refractivity contribution < 1.29 is 0 Å². The van der Waals surface area contributed by atoms with Gasteiger partial charge in [-0.2, -0.15) is 0 Å². The molecule has 110 valence electrons. The molecule has 0 saturated carbocycles. The van der Waals surface area contributed by atoms with E-state index in [9.17, 15) is 0 Å². The van der Waals surface area contributed by atoms with Gasteiger partial charge in [0.15, 0.2) is 0 Å². The van der Waals surface area contributed by atoms with E-state index in [-0.39, 0.29) is 0 Å². The highest BCUT2D eigenvalue weighted by Gasteiger charge is 2.40. The Morgan fingerprint density at radius 2 is 2.00 bits per heavy atom. The van der Waals surface area contributed by atoms with Gasteiger partial charge in [0.05, 0.1) is 12.7 Å². The first kappa shape index (κ1) is 14.2. The van der Waals surface area contributed by atoms with Crippen LogP contribution in [0.15, 0.2) is 60.7 Å². The second-order valence-electron chi connectivity index (χ2n) is 5.90. The Bertz CT molecular complexity index is 599. The maximum absolute atomic E-state index is 4.08. The third-order valence-electron chi connectivity index (χ3n) is 4.95. The van der Waals surface area contributed by atoms with E-state index in [1.165, 1.54) is 22.4 Å². The van der Waals surface area contributed by atoms with Crippen molar-refractivity contribution in [2.75, 3.05) is 18.1 Å². The molecule has 1 aromatic rings. The van der Waals surface area contributed by atoms with Crippen molar-refractivity contribution >= 4 is 5.69 Å². The number of nitrogens with zero attached hydrogens (tertiary/aromatic N) is 2. The summed E-state index contributed by atoms with van der Waals surface area (Å²) in [5.41, 5.74) is 5.40. The lowest BCUT2D eigenvalue weighted by atomic mass is 9.94. The number of allylic oxidation sites excluding steroid dienone is 2. The van der Waals surface area contributed by atoms with Gasteiger partial charge in [-0.3, -0.25) is 4.90 Å². The van der Waals surface area contributed by atoms with E-state index >= 15 is 0 Å². The van der Waals surface area contributed by atoms with Gasteiger partial charge in [-0.05, 0) is 42.7 Å². The van der Waals surface area contributed by atoms with E-state index in [1.54, 1.807) is 0 Å². The Labute approximate surface area is 128 Å². The summed E-state index contributed by atoms with van der Waals surface area (Å²) in [4.78, 5) is 5.06. The average Bonchev–Trinajstić information content (AvgIpc) is 2.77. The molecule has 2 unspecified atom stereocenters. The van der Waals surface area contributed by atoms with Gasteiger partial charge in [-0.15, -0.1) is 0 Å². The molecule has 2 nitrogen and oxygen atoms in total. The lowest BCUT2D eigenvalue weighted by molar-refractivity contribution is 0.279. The number of likely N-dealkylation sites (N-methyl/N-ethyl adjacent to an activating group) is 1. The molecule has 0 spiro atoms. The van der Waals surface area contributed by atoms with Gasteiger partial charge in [-0.25, -0.2) is 0 Å². The average molecular weight is 280 g/mol. The molecule has 0 N–H and O–H groups in total. The highest BCUT2D eigenvalue weighted by molar-refractivity contribution is 5.63. The summed E-state index contributed by atoms with van der Waals surface area (Å²) in [7, 11) is 0. The Balaban J connectivity index is 2.19. The fourth-order valence-corrected chi connectivity index (χ4v) is 3.79. The summed E-state index contributed by atoms with van der Waals surface area (Å²) in [5, 5.41) is 0. The van der Waals surface area contributed by atoms with Crippen molar-refractivity contribution in [1.82, 2.24) is 4.90 Å². The van der Waals surface area contributed by atoms with Crippen LogP contribution in [0.2, 0.25) is 0 Å². The number of benzene rings is 1. The summed E-state index contributed by atoms with van der Waals surface area (Å²) in [6.45, 7) is 14.7. The van der Waals surface area contributed by atoms with Crippen LogP contribution in [0.4, 0.5) is 5.69 Å². The molecule has 2 aliphatic rings. The highest BCUT2D eigenvalue weighted by Crippen LogP contribution is 2.39.